The number of nitrogens with zero attached hydrogens (tertiary/aromatic N) is 4. The monoisotopic (exact) mass is 762 g/mol. The van der Waals surface area contributed by atoms with Crippen molar-refractivity contribution in [1.82, 2.24) is 9.97 Å². The molecule has 282 valence electrons. The highest BCUT2D eigenvalue weighted by Crippen LogP contribution is 2.42. The van der Waals surface area contributed by atoms with Crippen LogP contribution >= 0.6 is 0 Å². The van der Waals surface area contributed by atoms with Crippen LogP contribution < -0.4 is 38.2 Å². The van der Waals surface area contributed by atoms with Crippen molar-refractivity contribution in [2.45, 2.75) is 5.91 Å². The van der Waals surface area contributed by atoms with Crippen LogP contribution in [-0.4, -0.2) is 109 Å². The summed E-state index contributed by atoms with van der Waals surface area (Å²) in [4.78, 5) is 11.9. The van der Waals surface area contributed by atoms with Gasteiger partial charge >= 0.3 is 5.91 Å². The molecule has 0 fully saturated rings. The fourth-order valence-electron chi connectivity index (χ4n) is 5.34. The molecule has 0 aliphatic carbocycles. The van der Waals surface area contributed by atoms with E-state index >= 15 is 0 Å². The second kappa shape index (κ2) is 16.1. The first kappa shape index (κ1) is 39.7. The lowest BCUT2D eigenvalue weighted by molar-refractivity contribution is -0.0930. The lowest BCUT2D eigenvalue weighted by atomic mass is 10.1. The van der Waals surface area contributed by atoms with Crippen LogP contribution in [0.25, 0.3) is 22.5 Å². The number of aromatic nitrogens is 2. The van der Waals surface area contributed by atoms with E-state index in [0.29, 0.717) is 62.7 Å². The van der Waals surface area contributed by atoms with E-state index in [2.05, 4.69) is 9.97 Å². The fraction of sp³-hybridized carbons (Fsp3) is 0.353. The Morgan fingerprint density at radius 3 is 1.23 bits per heavy atom. The van der Waals surface area contributed by atoms with Gasteiger partial charge in [0.1, 0.15) is 0 Å². The quantitative estimate of drug-likeness (QED) is 0.111. The number of rotatable bonds is 17. The minimum atomic E-state index is -4.34. The van der Waals surface area contributed by atoms with Gasteiger partial charge in [0.05, 0.1) is 96.9 Å². The van der Waals surface area contributed by atoms with Gasteiger partial charge in [0.25, 0.3) is 20.2 Å². The van der Waals surface area contributed by atoms with Crippen molar-refractivity contribution < 1.29 is 53.6 Å². The van der Waals surface area contributed by atoms with Gasteiger partial charge in [0, 0.05) is 25.2 Å². The zero-order valence-corrected chi connectivity index (χ0v) is 32.1. The molecule has 0 amide bonds. The third-order valence-corrected chi connectivity index (χ3v) is 8.88. The summed E-state index contributed by atoms with van der Waals surface area (Å²) in [5.74, 6) is 0.0892. The van der Waals surface area contributed by atoms with E-state index in [4.69, 9.17) is 36.8 Å². The van der Waals surface area contributed by atoms with Crippen molar-refractivity contribution in [2.24, 2.45) is 0 Å². The van der Waals surface area contributed by atoms with Gasteiger partial charge in [-0.05, 0) is 48.5 Å². The molecule has 0 aliphatic heterocycles. The number of methoxy groups -OCH3 is 6. The molecule has 4 aromatic rings. The van der Waals surface area contributed by atoms with Gasteiger partial charge in [-0.1, -0.05) is 0 Å². The number of hydrogen-bond acceptors (Lipinski definition) is 16. The Balaban J connectivity index is 1.73. The van der Waals surface area contributed by atoms with Crippen molar-refractivity contribution in [2.75, 3.05) is 85.6 Å². The largest absolute Gasteiger partial charge is 0.493 e. The molecule has 2 heterocycles. The molecule has 2 aromatic carbocycles. The molecule has 4 rings (SSSR count). The molecule has 0 aliphatic rings. The third-order valence-electron chi connectivity index (χ3n) is 7.76. The third kappa shape index (κ3) is 9.05. The van der Waals surface area contributed by atoms with E-state index in [1.54, 1.807) is 55.6 Å². The van der Waals surface area contributed by atoms with Crippen LogP contribution in [0.4, 0.5) is 11.4 Å². The minimum absolute atomic E-state index is 0.257. The van der Waals surface area contributed by atoms with E-state index in [-0.39, 0.29) is 5.69 Å². The summed E-state index contributed by atoms with van der Waals surface area (Å²) >= 11 is 0. The Hall–Kier alpha value is -5.04. The smallest absolute Gasteiger partial charge is 0.300 e. The van der Waals surface area contributed by atoms with Crippen LogP contribution in [0.1, 0.15) is 0 Å². The molecule has 0 saturated carbocycles. The maximum atomic E-state index is 12.7. The summed E-state index contributed by atoms with van der Waals surface area (Å²) in [7, 11) is 3.34. The molecule has 0 saturated heterocycles. The Labute approximate surface area is 304 Å². The van der Waals surface area contributed by atoms with E-state index in [1.807, 2.05) is 0 Å². The molecule has 0 radical (unpaired) electrons. The van der Waals surface area contributed by atoms with Crippen molar-refractivity contribution in [3.8, 4) is 57.0 Å². The van der Waals surface area contributed by atoms with Crippen LogP contribution in [-0.2, 0) is 28.6 Å². The molecule has 0 atom stereocenters. The molecule has 52 heavy (non-hydrogen) atoms. The first-order chi connectivity index (χ1) is 24.5. The lowest BCUT2D eigenvalue weighted by Crippen LogP contribution is -2.59. The van der Waals surface area contributed by atoms with Crippen molar-refractivity contribution >= 4 is 31.6 Å². The average Bonchev–Trinajstić information content (AvgIpc) is 3.11. The first-order valence-electron chi connectivity index (χ1n) is 15.3. The second-order valence-corrected chi connectivity index (χ2v) is 14.5. The number of pyridine rings is 2. The Morgan fingerprint density at radius 1 is 0.577 bits per heavy atom. The highest BCUT2D eigenvalue weighted by Gasteiger charge is 2.46. The summed E-state index contributed by atoms with van der Waals surface area (Å²) in [5.41, 5.74) is 3.06. The highest BCUT2D eigenvalue weighted by atomic mass is 32.2. The van der Waals surface area contributed by atoms with Crippen LogP contribution in [0.15, 0.2) is 60.9 Å². The topological polar surface area (TPSA) is 174 Å². The summed E-state index contributed by atoms with van der Waals surface area (Å²) in [5, 5.41) is 0. The normalized spacial score (nSPS) is 11.8. The Kier molecular flexibility index (Phi) is 12.3. The lowest BCUT2D eigenvalue weighted by Gasteiger charge is -2.42. The number of hydrogen-bond donors (Lipinski definition) is 0. The van der Waals surface area contributed by atoms with Gasteiger partial charge in [-0.25, -0.2) is 8.37 Å². The Bertz CT molecular complexity index is 1990. The second-order valence-electron chi connectivity index (χ2n) is 11.3. The molecule has 0 unspecified atom stereocenters. The summed E-state index contributed by atoms with van der Waals surface area (Å²) < 4.78 is 94.5. The molecule has 16 nitrogen and oxygen atoms in total. The summed E-state index contributed by atoms with van der Waals surface area (Å²) in [6.45, 7) is -0.441. The van der Waals surface area contributed by atoms with Crippen molar-refractivity contribution in [1.29, 1.82) is 0 Å². The van der Waals surface area contributed by atoms with Gasteiger partial charge in [-0.3, -0.25) is 9.97 Å². The van der Waals surface area contributed by atoms with E-state index in [1.165, 1.54) is 71.9 Å². The molecule has 0 bridgehead atoms. The van der Waals surface area contributed by atoms with Crippen molar-refractivity contribution in [3.63, 3.8) is 0 Å². The summed E-state index contributed by atoms with van der Waals surface area (Å²) in [6.07, 6.45) is 4.53. The zero-order chi connectivity index (χ0) is 38.4. The molecule has 0 N–H and O–H groups in total. The average molecular weight is 763 g/mol. The van der Waals surface area contributed by atoms with Gasteiger partial charge in [-0.2, -0.15) is 16.8 Å². The highest BCUT2D eigenvalue weighted by molar-refractivity contribution is 7.86. The van der Waals surface area contributed by atoms with Crippen molar-refractivity contribution in [3.05, 3.63) is 60.9 Å². The number of likely N-dealkylation sites (N-methyl/N-ethyl adjacent to an activating group) is 2. The van der Waals surface area contributed by atoms with Gasteiger partial charge in [0.2, 0.25) is 11.5 Å². The van der Waals surface area contributed by atoms with Gasteiger partial charge in [0.15, 0.2) is 23.0 Å². The number of benzene rings is 2. The van der Waals surface area contributed by atoms with E-state index in [9.17, 15) is 16.8 Å². The van der Waals surface area contributed by atoms with Gasteiger partial charge in [-0.15, -0.1) is 0 Å². The standard InChI is InChI=1S/C34H42N4O12S2/c1-37(24-11-13-26(35-19-24)22-15-28(43-3)32(47-7)29(16-22)44-4)21-34(49-51(9,39)40,50-52(10,41)42)38(2)25-12-14-27(36-20-25)23-17-30(45-5)33(48-8)31(18-23)46-6/h11-20H,21H2,1-10H3. The minimum Gasteiger partial charge on any atom is -0.493 e. The fourth-order valence-corrected chi connectivity index (χ4v) is 6.73. The first-order valence-corrected chi connectivity index (χ1v) is 18.9. The number of anilines is 2. The predicted octanol–water partition coefficient (Wildman–Crippen LogP) is 4.04. The molecule has 0 spiro atoms. The van der Waals surface area contributed by atoms with E-state index in [0.717, 1.165) is 12.5 Å². The molecule has 18 heteroatoms. The maximum absolute atomic E-state index is 12.7. The SMILES string of the molecule is COc1cc(-c2ccc(N(C)CC(OS(C)(=O)=O)(OS(C)(=O)=O)N(C)c3ccc(-c4cc(OC)c(OC)c(OC)c4)nc3)cn2)cc(OC)c1OC. The Morgan fingerprint density at radius 2 is 0.942 bits per heavy atom. The summed E-state index contributed by atoms with van der Waals surface area (Å²) in [6, 6.07) is 13.6. The molecular formula is C34H42N4O12S2. The predicted molar refractivity (Wildman–Crippen MR) is 195 cm³/mol. The van der Waals surface area contributed by atoms with Gasteiger partial charge < -0.3 is 38.2 Å². The van der Waals surface area contributed by atoms with Crippen LogP contribution in [0.3, 0.4) is 0 Å². The van der Waals surface area contributed by atoms with Crippen LogP contribution in [0, 0.1) is 0 Å². The van der Waals surface area contributed by atoms with Crippen LogP contribution in [0.2, 0.25) is 0 Å². The van der Waals surface area contributed by atoms with Crippen LogP contribution in [0.5, 0.6) is 34.5 Å². The number of ether oxygens (including phenoxy) is 6. The van der Waals surface area contributed by atoms with E-state index < -0.39 is 32.7 Å². The molecular weight excluding hydrogens is 721 g/mol. The maximum Gasteiger partial charge on any atom is 0.300 e. The molecule has 2 aromatic heterocycles. The zero-order valence-electron chi connectivity index (χ0n) is 30.5.